The number of amides is 2. The van der Waals surface area contributed by atoms with E-state index in [0.717, 1.165) is 25.9 Å². The van der Waals surface area contributed by atoms with Crippen LogP contribution in [0.1, 0.15) is 47.5 Å². The van der Waals surface area contributed by atoms with E-state index in [0.29, 0.717) is 5.92 Å². The lowest BCUT2D eigenvalue weighted by Crippen LogP contribution is -2.50. The highest BCUT2D eigenvalue weighted by Gasteiger charge is 2.26. The first-order valence-corrected chi connectivity index (χ1v) is 6.97. The molecular weight excluding hydrogens is 244 g/mol. The zero-order valence-corrected chi connectivity index (χ0v) is 12.7. The molecule has 0 spiro atoms. The van der Waals surface area contributed by atoms with Gasteiger partial charge >= 0.3 is 12.0 Å². The van der Waals surface area contributed by atoms with Crippen LogP contribution in [0.3, 0.4) is 0 Å². The van der Waals surface area contributed by atoms with Crippen molar-refractivity contribution in [2.45, 2.75) is 59.1 Å². The lowest BCUT2D eigenvalue weighted by molar-refractivity contribution is -0.156. The standard InChI is InChI=1S/C14H26N2O3/c1-10-6-8-16(9-7-10)13(18)15-11(2)12(17)19-14(3,4)5/h10-11H,6-9H2,1-5H3,(H,15,18)/t11-/m1/s1. The highest BCUT2D eigenvalue weighted by atomic mass is 16.6. The van der Waals surface area contributed by atoms with Crippen LogP contribution in [0.15, 0.2) is 0 Å². The minimum absolute atomic E-state index is 0.176. The molecule has 1 rings (SSSR count). The Morgan fingerprint density at radius 3 is 2.26 bits per heavy atom. The van der Waals surface area contributed by atoms with E-state index in [1.807, 2.05) is 20.8 Å². The minimum Gasteiger partial charge on any atom is -0.458 e. The summed E-state index contributed by atoms with van der Waals surface area (Å²) in [5.41, 5.74) is -0.531. The second-order valence-electron chi connectivity index (χ2n) is 6.37. The van der Waals surface area contributed by atoms with Crippen LogP contribution in [0.4, 0.5) is 4.79 Å². The topological polar surface area (TPSA) is 58.6 Å². The Kier molecular flexibility index (Phi) is 5.20. The highest BCUT2D eigenvalue weighted by molar-refractivity contribution is 5.83. The summed E-state index contributed by atoms with van der Waals surface area (Å²) in [6, 6.07) is -0.795. The van der Waals surface area contributed by atoms with Crippen LogP contribution in [0.2, 0.25) is 0 Å². The van der Waals surface area contributed by atoms with Gasteiger partial charge in [-0.15, -0.1) is 0 Å². The number of likely N-dealkylation sites (tertiary alicyclic amines) is 1. The molecule has 0 radical (unpaired) electrons. The maximum atomic E-state index is 12.0. The number of hydrogen-bond acceptors (Lipinski definition) is 3. The molecule has 1 N–H and O–H groups in total. The van der Waals surface area contributed by atoms with Crippen LogP contribution >= 0.6 is 0 Å². The molecule has 1 aliphatic rings. The molecule has 5 nitrogen and oxygen atoms in total. The summed E-state index contributed by atoms with van der Waals surface area (Å²) in [4.78, 5) is 25.5. The Morgan fingerprint density at radius 2 is 1.79 bits per heavy atom. The third-order valence-corrected chi connectivity index (χ3v) is 3.17. The van der Waals surface area contributed by atoms with Gasteiger partial charge in [0.25, 0.3) is 0 Å². The van der Waals surface area contributed by atoms with Gasteiger partial charge in [0, 0.05) is 13.1 Å². The van der Waals surface area contributed by atoms with Gasteiger partial charge in [0.1, 0.15) is 11.6 Å². The van der Waals surface area contributed by atoms with Crippen LogP contribution in [0, 0.1) is 5.92 Å². The van der Waals surface area contributed by atoms with E-state index in [1.54, 1.807) is 11.8 Å². The minimum atomic E-state index is -0.619. The number of rotatable bonds is 2. The molecule has 1 heterocycles. The van der Waals surface area contributed by atoms with Crippen molar-refractivity contribution in [2.24, 2.45) is 5.92 Å². The fourth-order valence-corrected chi connectivity index (χ4v) is 1.94. The van der Waals surface area contributed by atoms with Gasteiger partial charge < -0.3 is 15.0 Å². The SMILES string of the molecule is CC1CCN(C(=O)N[C@H](C)C(=O)OC(C)(C)C)CC1. The van der Waals surface area contributed by atoms with Crippen molar-refractivity contribution in [3.8, 4) is 0 Å². The zero-order chi connectivity index (χ0) is 14.6. The lowest BCUT2D eigenvalue weighted by atomic mass is 10.00. The Hall–Kier alpha value is -1.26. The van der Waals surface area contributed by atoms with E-state index < -0.39 is 17.6 Å². The summed E-state index contributed by atoms with van der Waals surface area (Å²) in [5.74, 6) is 0.276. The summed E-state index contributed by atoms with van der Waals surface area (Å²) >= 11 is 0. The summed E-state index contributed by atoms with van der Waals surface area (Å²) in [5, 5.41) is 2.70. The molecule has 19 heavy (non-hydrogen) atoms. The van der Waals surface area contributed by atoms with Gasteiger partial charge in [-0.25, -0.2) is 9.59 Å². The van der Waals surface area contributed by atoms with Crippen molar-refractivity contribution in [3.05, 3.63) is 0 Å². The van der Waals surface area contributed by atoms with Crippen molar-refractivity contribution >= 4 is 12.0 Å². The number of carbonyl (C=O) groups is 2. The average Bonchev–Trinajstić information content (AvgIpc) is 2.27. The smallest absolute Gasteiger partial charge is 0.328 e. The van der Waals surface area contributed by atoms with Crippen LogP contribution in [0.5, 0.6) is 0 Å². The molecule has 1 aliphatic heterocycles. The van der Waals surface area contributed by atoms with E-state index in [1.165, 1.54) is 0 Å². The Labute approximate surface area is 115 Å². The third kappa shape index (κ3) is 5.49. The van der Waals surface area contributed by atoms with Crippen molar-refractivity contribution in [1.82, 2.24) is 10.2 Å². The molecule has 0 unspecified atom stereocenters. The van der Waals surface area contributed by atoms with Gasteiger partial charge in [-0.05, 0) is 46.5 Å². The molecule has 1 fully saturated rings. The molecule has 2 amide bonds. The van der Waals surface area contributed by atoms with Crippen LogP contribution < -0.4 is 5.32 Å². The predicted molar refractivity (Wildman–Crippen MR) is 73.8 cm³/mol. The monoisotopic (exact) mass is 270 g/mol. The number of piperidine rings is 1. The fraction of sp³-hybridized carbons (Fsp3) is 0.857. The molecule has 5 heteroatoms. The van der Waals surface area contributed by atoms with Crippen molar-refractivity contribution in [2.75, 3.05) is 13.1 Å². The zero-order valence-electron chi connectivity index (χ0n) is 12.7. The maximum absolute atomic E-state index is 12.0. The Bertz CT molecular complexity index is 328. The molecule has 1 atom stereocenters. The summed E-state index contributed by atoms with van der Waals surface area (Å²) in [7, 11) is 0. The quantitative estimate of drug-likeness (QED) is 0.782. The first-order valence-electron chi connectivity index (χ1n) is 6.97. The van der Waals surface area contributed by atoms with Gasteiger partial charge in [-0.2, -0.15) is 0 Å². The maximum Gasteiger partial charge on any atom is 0.328 e. The van der Waals surface area contributed by atoms with Crippen molar-refractivity contribution in [3.63, 3.8) is 0 Å². The van der Waals surface area contributed by atoms with E-state index in [-0.39, 0.29) is 6.03 Å². The average molecular weight is 270 g/mol. The largest absolute Gasteiger partial charge is 0.458 e. The molecule has 110 valence electrons. The first-order chi connectivity index (χ1) is 8.69. The van der Waals surface area contributed by atoms with E-state index in [4.69, 9.17) is 4.74 Å². The highest BCUT2D eigenvalue weighted by Crippen LogP contribution is 2.16. The van der Waals surface area contributed by atoms with Crippen LogP contribution in [0.25, 0.3) is 0 Å². The molecule has 0 saturated carbocycles. The van der Waals surface area contributed by atoms with Crippen molar-refractivity contribution < 1.29 is 14.3 Å². The number of urea groups is 1. The number of hydrogen-bond donors (Lipinski definition) is 1. The van der Waals surface area contributed by atoms with Crippen LogP contribution in [-0.2, 0) is 9.53 Å². The number of esters is 1. The predicted octanol–water partition coefficient (Wildman–Crippen LogP) is 2.16. The molecule has 0 aliphatic carbocycles. The second kappa shape index (κ2) is 6.26. The molecule has 0 aromatic rings. The normalized spacial score (nSPS) is 18.9. The van der Waals surface area contributed by atoms with Gasteiger partial charge in [-0.3, -0.25) is 0 Å². The molecule has 1 saturated heterocycles. The van der Waals surface area contributed by atoms with Gasteiger partial charge in [0.05, 0.1) is 0 Å². The van der Waals surface area contributed by atoms with Gasteiger partial charge in [-0.1, -0.05) is 6.92 Å². The Morgan fingerprint density at radius 1 is 1.26 bits per heavy atom. The van der Waals surface area contributed by atoms with Gasteiger partial charge in [0.2, 0.25) is 0 Å². The van der Waals surface area contributed by atoms with Crippen molar-refractivity contribution in [1.29, 1.82) is 0 Å². The van der Waals surface area contributed by atoms with E-state index in [2.05, 4.69) is 12.2 Å². The summed E-state index contributed by atoms with van der Waals surface area (Å²) < 4.78 is 5.23. The molecule has 0 aromatic carbocycles. The van der Waals surface area contributed by atoms with E-state index in [9.17, 15) is 9.59 Å². The number of ether oxygens (including phenoxy) is 1. The lowest BCUT2D eigenvalue weighted by Gasteiger charge is -2.31. The number of nitrogens with zero attached hydrogens (tertiary/aromatic N) is 1. The fourth-order valence-electron chi connectivity index (χ4n) is 1.94. The van der Waals surface area contributed by atoms with Gasteiger partial charge in [0.15, 0.2) is 0 Å². The third-order valence-electron chi connectivity index (χ3n) is 3.17. The molecule has 0 bridgehead atoms. The van der Waals surface area contributed by atoms with Crippen LogP contribution in [-0.4, -0.2) is 41.6 Å². The summed E-state index contributed by atoms with van der Waals surface area (Å²) in [6.45, 7) is 10.8. The summed E-state index contributed by atoms with van der Waals surface area (Å²) in [6.07, 6.45) is 2.04. The Balaban J connectivity index is 2.41. The molecule has 0 aromatic heterocycles. The number of carbonyl (C=O) groups excluding carboxylic acids is 2. The molecular formula is C14H26N2O3. The van der Waals surface area contributed by atoms with E-state index >= 15 is 0 Å². The second-order valence-corrected chi connectivity index (χ2v) is 6.37. The first kappa shape index (κ1) is 15.8. The number of nitrogens with one attached hydrogen (secondary N) is 1.